The topological polar surface area (TPSA) is 50.4 Å². The fraction of sp³-hybridized carbons (Fsp3) is 0.929. The zero-order valence-electron chi connectivity index (χ0n) is 11.4. The fourth-order valence-electron chi connectivity index (χ4n) is 3.05. The van der Waals surface area contributed by atoms with Gasteiger partial charge < -0.3 is 15.4 Å². The largest absolute Gasteiger partial charge is 0.378 e. The average Bonchev–Trinajstić information content (AvgIpc) is 2.38. The first-order valence-electron chi connectivity index (χ1n) is 7.32. The number of amides is 1. The molecule has 0 spiro atoms. The van der Waals surface area contributed by atoms with Gasteiger partial charge in [0.05, 0.1) is 13.2 Å². The highest BCUT2D eigenvalue weighted by Gasteiger charge is 2.21. The van der Waals surface area contributed by atoms with Gasteiger partial charge in [-0.25, -0.2) is 0 Å². The Morgan fingerprint density at radius 3 is 3.06 bits per heavy atom. The van der Waals surface area contributed by atoms with E-state index in [0.717, 1.165) is 25.6 Å². The lowest BCUT2D eigenvalue weighted by Crippen LogP contribution is -2.44. The minimum Gasteiger partial charge on any atom is -0.378 e. The minimum atomic E-state index is 0.163. The monoisotopic (exact) mass is 254 g/mol. The highest BCUT2D eigenvalue weighted by atomic mass is 16.5. The van der Waals surface area contributed by atoms with E-state index >= 15 is 0 Å². The average molecular weight is 254 g/mol. The second-order valence-electron chi connectivity index (χ2n) is 5.87. The molecule has 4 nitrogen and oxygen atoms in total. The van der Waals surface area contributed by atoms with Crippen molar-refractivity contribution in [1.29, 1.82) is 0 Å². The Hall–Kier alpha value is -0.610. The number of carbonyl (C=O) groups excluding carboxylic acids is 1. The van der Waals surface area contributed by atoms with Crippen LogP contribution in [-0.4, -0.2) is 38.3 Å². The summed E-state index contributed by atoms with van der Waals surface area (Å²) in [6.07, 6.45) is 5.76. The molecule has 104 valence electrons. The van der Waals surface area contributed by atoms with Gasteiger partial charge in [0.25, 0.3) is 0 Å². The van der Waals surface area contributed by atoms with Crippen molar-refractivity contribution in [2.45, 2.75) is 45.1 Å². The summed E-state index contributed by atoms with van der Waals surface area (Å²) in [5.74, 6) is 1.68. The number of morpholine rings is 1. The van der Waals surface area contributed by atoms with E-state index in [0.29, 0.717) is 18.9 Å². The maximum Gasteiger partial charge on any atom is 0.221 e. The first-order chi connectivity index (χ1) is 8.74. The van der Waals surface area contributed by atoms with Crippen LogP contribution in [0.2, 0.25) is 0 Å². The van der Waals surface area contributed by atoms with Crippen molar-refractivity contribution in [2.24, 2.45) is 11.8 Å². The molecule has 1 saturated heterocycles. The van der Waals surface area contributed by atoms with E-state index < -0.39 is 0 Å². The summed E-state index contributed by atoms with van der Waals surface area (Å²) in [6, 6.07) is 0.198. The quantitative estimate of drug-likeness (QED) is 0.795. The van der Waals surface area contributed by atoms with E-state index in [1.165, 1.54) is 25.7 Å². The number of hydrogen-bond acceptors (Lipinski definition) is 3. The third kappa shape index (κ3) is 4.58. The van der Waals surface area contributed by atoms with Crippen molar-refractivity contribution in [2.75, 3.05) is 26.3 Å². The zero-order chi connectivity index (χ0) is 12.8. The van der Waals surface area contributed by atoms with Crippen LogP contribution in [0.15, 0.2) is 0 Å². The predicted molar refractivity (Wildman–Crippen MR) is 71.4 cm³/mol. The SMILES string of the molecule is CC1CCCC(CNC(=O)CC2COCCN2)C1. The first-order valence-corrected chi connectivity index (χ1v) is 7.32. The van der Waals surface area contributed by atoms with E-state index in [4.69, 9.17) is 4.74 Å². The predicted octanol–water partition coefficient (Wildman–Crippen LogP) is 1.31. The smallest absolute Gasteiger partial charge is 0.221 e. The van der Waals surface area contributed by atoms with Gasteiger partial charge in [-0.1, -0.05) is 19.8 Å². The highest BCUT2D eigenvalue weighted by Crippen LogP contribution is 2.27. The molecule has 2 N–H and O–H groups in total. The van der Waals surface area contributed by atoms with E-state index in [2.05, 4.69) is 17.6 Å². The summed E-state index contributed by atoms with van der Waals surface area (Å²) in [5.41, 5.74) is 0. The Balaban J connectivity index is 1.61. The molecule has 0 radical (unpaired) electrons. The fourth-order valence-corrected chi connectivity index (χ4v) is 3.05. The molecule has 3 unspecified atom stereocenters. The highest BCUT2D eigenvalue weighted by molar-refractivity contribution is 5.76. The van der Waals surface area contributed by atoms with E-state index in [-0.39, 0.29) is 11.9 Å². The molecule has 2 rings (SSSR count). The molecule has 1 saturated carbocycles. The lowest BCUT2D eigenvalue weighted by Gasteiger charge is -2.27. The molecular formula is C14H26N2O2. The lowest BCUT2D eigenvalue weighted by atomic mass is 9.82. The van der Waals surface area contributed by atoms with Crippen LogP contribution in [0, 0.1) is 11.8 Å². The standard InChI is InChI=1S/C14H26N2O2/c1-11-3-2-4-12(7-11)9-16-14(17)8-13-10-18-6-5-15-13/h11-13,15H,2-10H2,1H3,(H,16,17). The van der Waals surface area contributed by atoms with E-state index in [1.807, 2.05) is 0 Å². The van der Waals surface area contributed by atoms with Crippen LogP contribution in [0.4, 0.5) is 0 Å². The van der Waals surface area contributed by atoms with Gasteiger partial charge in [-0.05, 0) is 24.7 Å². The second kappa shape index (κ2) is 7.10. The Labute approximate surface area is 110 Å². The maximum atomic E-state index is 11.8. The van der Waals surface area contributed by atoms with E-state index in [9.17, 15) is 4.79 Å². The number of nitrogens with one attached hydrogen (secondary N) is 2. The van der Waals surface area contributed by atoms with Crippen molar-refractivity contribution >= 4 is 5.91 Å². The Morgan fingerprint density at radius 1 is 1.44 bits per heavy atom. The van der Waals surface area contributed by atoms with Crippen LogP contribution in [0.25, 0.3) is 0 Å². The zero-order valence-corrected chi connectivity index (χ0v) is 11.4. The molecule has 1 amide bonds. The molecule has 0 aromatic heterocycles. The molecule has 0 aromatic rings. The Bertz CT molecular complexity index is 265. The number of hydrogen-bond donors (Lipinski definition) is 2. The molecule has 0 bridgehead atoms. The van der Waals surface area contributed by atoms with Crippen LogP contribution in [-0.2, 0) is 9.53 Å². The van der Waals surface area contributed by atoms with Gasteiger partial charge in [-0.2, -0.15) is 0 Å². The third-order valence-electron chi connectivity index (χ3n) is 4.06. The second-order valence-corrected chi connectivity index (χ2v) is 5.87. The lowest BCUT2D eigenvalue weighted by molar-refractivity contribution is -0.122. The molecule has 18 heavy (non-hydrogen) atoms. The molecule has 4 heteroatoms. The van der Waals surface area contributed by atoms with Gasteiger partial charge in [0, 0.05) is 25.6 Å². The molecule has 1 heterocycles. The normalized spacial score (nSPS) is 33.1. The molecule has 2 aliphatic rings. The van der Waals surface area contributed by atoms with Crippen molar-refractivity contribution in [3.63, 3.8) is 0 Å². The molecule has 1 aliphatic heterocycles. The van der Waals surface area contributed by atoms with Gasteiger partial charge in [0.2, 0.25) is 5.91 Å². The number of carbonyl (C=O) groups is 1. The van der Waals surface area contributed by atoms with Gasteiger partial charge in [0.1, 0.15) is 0 Å². The minimum absolute atomic E-state index is 0.163. The summed E-state index contributed by atoms with van der Waals surface area (Å²) in [4.78, 5) is 11.8. The molecule has 0 aromatic carbocycles. The number of rotatable bonds is 4. The van der Waals surface area contributed by atoms with Crippen LogP contribution >= 0.6 is 0 Å². The third-order valence-corrected chi connectivity index (χ3v) is 4.06. The summed E-state index contributed by atoms with van der Waals surface area (Å²) in [6.45, 7) is 5.46. The molecule has 1 aliphatic carbocycles. The van der Waals surface area contributed by atoms with Crippen LogP contribution < -0.4 is 10.6 Å². The van der Waals surface area contributed by atoms with Crippen molar-refractivity contribution < 1.29 is 9.53 Å². The maximum absolute atomic E-state index is 11.8. The molecule has 3 atom stereocenters. The van der Waals surface area contributed by atoms with Crippen LogP contribution in [0.5, 0.6) is 0 Å². The number of ether oxygens (including phenoxy) is 1. The Kier molecular flexibility index (Phi) is 5.45. The molecular weight excluding hydrogens is 228 g/mol. The van der Waals surface area contributed by atoms with Crippen molar-refractivity contribution in [1.82, 2.24) is 10.6 Å². The van der Waals surface area contributed by atoms with Crippen molar-refractivity contribution in [3.8, 4) is 0 Å². The van der Waals surface area contributed by atoms with Gasteiger partial charge in [-0.15, -0.1) is 0 Å². The van der Waals surface area contributed by atoms with Crippen LogP contribution in [0.1, 0.15) is 39.0 Å². The van der Waals surface area contributed by atoms with Crippen molar-refractivity contribution in [3.05, 3.63) is 0 Å². The first kappa shape index (κ1) is 13.8. The summed E-state index contributed by atoms with van der Waals surface area (Å²) in [5, 5.41) is 6.39. The van der Waals surface area contributed by atoms with Gasteiger partial charge >= 0.3 is 0 Å². The van der Waals surface area contributed by atoms with Crippen LogP contribution in [0.3, 0.4) is 0 Å². The van der Waals surface area contributed by atoms with Gasteiger partial charge in [-0.3, -0.25) is 4.79 Å². The summed E-state index contributed by atoms with van der Waals surface area (Å²) in [7, 11) is 0. The molecule has 2 fully saturated rings. The van der Waals surface area contributed by atoms with E-state index in [1.54, 1.807) is 0 Å². The Morgan fingerprint density at radius 2 is 2.33 bits per heavy atom. The summed E-state index contributed by atoms with van der Waals surface area (Å²) >= 11 is 0. The summed E-state index contributed by atoms with van der Waals surface area (Å²) < 4.78 is 5.35. The van der Waals surface area contributed by atoms with Gasteiger partial charge in [0.15, 0.2) is 0 Å².